The van der Waals surface area contributed by atoms with Gasteiger partial charge in [0.25, 0.3) is 5.69 Å². The Balaban J connectivity index is 1.97. The third-order valence-electron chi connectivity index (χ3n) is 4.83. The van der Waals surface area contributed by atoms with Crippen molar-refractivity contribution in [1.29, 1.82) is 0 Å². The van der Waals surface area contributed by atoms with Gasteiger partial charge in [0.15, 0.2) is 0 Å². The van der Waals surface area contributed by atoms with E-state index in [-0.39, 0.29) is 11.3 Å². The van der Waals surface area contributed by atoms with Gasteiger partial charge in [0, 0.05) is 30.8 Å². The van der Waals surface area contributed by atoms with E-state index in [4.69, 9.17) is 5.73 Å². The van der Waals surface area contributed by atoms with Crippen molar-refractivity contribution in [3.63, 3.8) is 0 Å². The van der Waals surface area contributed by atoms with E-state index in [1.807, 2.05) is 0 Å². The molecule has 0 saturated carbocycles. The highest BCUT2D eigenvalue weighted by Crippen LogP contribution is 2.39. The van der Waals surface area contributed by atoms with Gasteiger partial charge in [0.2, 0.25) is 5.91 Å². The number of carbonyl (C=O) groups is 1. The molecule has 0 aromatic heterocycles. The van der Waals surface area contributed by atoms with Gasteiger partial charge >= 0.3 is 0 Å². The smallest absolute Gasteiger partial charge is 0.293 e. The Morgan fingerprint density at radius 3 is 2.77 bits per heavy atom. The third kappa shape index (κ3) is 2.52. The zero-order valence-electron chi connectivity index (χ0n) is 12.6. The Hall–Kier alpha value is -2.15. The summed E-state index contributed by atoms with van der Waals surface area (Å²) in [5, 5.41) is 11.4. The van der Waals surface area contributed by atoms with Gasteiger partial charge in [-0.3, -0.25) is 14.9 Å². The van der Waals surface area contributed by atoms with Crippen molar-refractivity contribution < 1.29 is 9.72 Å². The zero-order chi connectivity index (χ0) is 15.9. The quantitative estimate of drug-likeness (QED) is 0.669. The molecule has 2 aliphatic heterocycles. The van der Waals surface area contributed by atoms with Gasteiger partial charge < -0.3 is 15.5 Å². The molecule has 118 valence electrons. The van der Waals surface area contributed by atoms with Crippen LogP contribution in [0.5, 0.6) is 0 Å². The number of nitro benzene ring substituents is 1. The van der Waals surface area contributed by atoms with Crippen LogP contribution in [0.15, 0.2) is 18.2 Å². The van der Waals surface area contributed by atoms with Crippen LogP contribution >= 0.6 is 0 Å². The molecule has 0 spiro atoms. The number of nitrogens with zero attached hydrogens (tertiary/aromatic N) is 3. The zero-order valence-corrected chi connectivity index (χ0v) is 12.6. The summed E-state index contributed by atoms with van der Waals surface area (Å²) >= 11 is 0. The maximum absolute atomic E-state index is 11.4. The number of carbonyl (C=O) groups excluding carboxylic acids is 1. The summed E-state index contributed by atoms with van der Waals surface area (Å²) in [4.78, 5) is 26.6. The van der Waals surface area contributed by atoms with Crippen LogP contribution in [0.1, 0.15) is 23.2 Å². The van der Waals surface area contributed by atoms with Crippen molar-refractivity contribution in [2.24, 2.45) is 11.7 Å². The number of piperidine rings is 1. The molecule has 22 heavy (non-hydrogen) atoms. The second kappa shape index (κ2) is 5.57. The highest BCUT2D eigenvalue weighted by Gasteiger charge is 2.39. The minimum Gasteiger partial charge on any atom is -0.366 e. The van der Waals surface area contributed by atoms with E-state index in [1.54, 1.807) is 12.1 Å². The Kier molecular flexibility index (Phi) is 3.74. The molecule has 2 aliphatic rings. The van der Waals surface area contributed by atoms with Crippen LogP contribution in [0.4, 0.5) is 11.4 Å². The molecule has 2 N–H and O–H groups in total. The first kappa shape index (κ1) is 14.8. The predicted molar refractivity (Wildman–Crippen MR) is 83.0 cm³/mol. The molecule has 0 aliphatic carbocycles. The van der Waals surface area contributed by atoms with Crippen molar-refractivity contribution in [2.75, 3.05) is 31.6 Å². The molecule has 0 bridgehead atoms. The molecule has 2 unspecified atom stereocenters. The summed E-state index contributed by atoms with van der Waals surface area (Å²) in [6, 6.07) is 4.83. The van der Waals surface area contributed by atoms with Crippen molar-refractivity contribution in [1.82, 2.24) is 4.90 Å². The van der Waals surface area contributed by atoms with Crippen LogP contribution in [0.3, 0.4) is 0 Å². The normalized spacial score (nSPS) is 25.0. The molecule has 2 heterocycles. The van der Waals surface area contributed by atoms with Gasteiger partial charge in [-0.2, -0.15) is 0 Å². The summed E-state index contributed by atoms with van der Waals surface area (Å²) in [5.41, 5.74) is 5.96. The fourth-order valence-electron chi connectivity index (χ4n) is 3.66. The van der Waals surface area contributed by atoms with Crippen LogP contribution < -0.4 is 10.6 Å². The topological polar surface area (TPSA) is 92.7 Å². The fraction of sp³-hybridized carbons (Fsp3) is 0.533. The molecule has 2 atom stereocenters. The first-order valence-electron chi connectivity index (χ1n) is 7.51. The van der Waals surface area contributed by atoms with E-state index < -0.39 is 10.8 Å². The Morgan fingerprint density at radius 2 is 2.09 bits per heavy atom. The largest absolute Gasteiger partial charge is 0.366 e. The summed E-state index contributed by atoms with van der Waals surface area (Å²) in [7, 11) is 2.08. The first-order chi connectivity index (χ1) is 10.5. The van der Waals surface area contributed by atoms with Crippen molar-refractivity contribution in [3.05, 3.63) is 33.9 Å². The molecule has 2 fully saturated rings. The van der Waals surface area contributed by atoms with E-state index in [0.717, 1.165) is 32.5 Å². The van der Waals surface area contributed by atoms with E-state index in [2.05, 4.69) is 16.8 Å². The summed E-state index contributed by atoms with van der Waals surface area (Å²) < 4.78 is 0. The highest BCUT2D eigenvalue weighted by molar-refractivity contribution is 5.94. The van der Waals surface area contributed by atoms with Gasteiger partial charge in [0.05, 0.1) is 4.92 Å². The number of nitro groups is 1. The SMILES string of the molecule is CN1CCC2CCN(c3ccc(C(N)=O)cc3[N+](=O)[O-])C2C1. The lowest BCUT2D eigenvalue weighted by Crippen LogP contribution is -2.46. The van der Waals surface area contributed by atoms with Gasteiger partial charge in [-0.25, -0.2) is 0 Å². The lowest BCUT2D eigenvalue weighted by Gasteiger charge is -2.37. The average Bonchev–Trinajstić information content (AvgIpc) is 2.89. The van der Waals surface area contributed by atoms with Gasteiger partial charge in [-0.15, -0.1) is 0 Å². The molecule has 0 radical (unpaired) electrons. The number of fused-ring (bicyclic) bond motifs is 1. The van der Waals surface area contributed by atoms with Crippen molar-refractivity contribution in [2.45, 2.75) is 18.9 Å². The van der Waals surface area contributed by atoms with Gasteiger partial charge in [-0.05, 0) is 44.5 Å². The summed E-state index contributed by atoms with van der Waals surface area (Å²) in [6.07, 6.45) is 2.19. The van der Waals surface area contributed by atoms with Crippen LogP contribution in [-0.4, -0.2) is 48.5 Å². The number of likely N-dealkylation sites (tertiary alicyclic amines) is 1. The van der Waals surface area contributed by atoms with Crippen molar-refractivity contribution in [3.8, 4) is 0 Å². The van der Waals surface area contributed by atoms with Crippen LogP contribution in [0.2, 0.25) is 0 Å². The van der Waals surface area contributed by atoms with Crippen LogP contribution in [0.25, 0.3) is 0 Å². The first-order valence-corrected chi connectivity index (χ1v) is 7.51. The van der Waals surface area contributed by atoms with E-state index in [0.29, 0.717) is 17.6 Å². The molecular weight excluding hydrogens is 284 g/mol. The second-order valence-corrected chi connectivity index (χ2v) is 6.19. The number of hydrogen-bond donors (Lipinski definition) is 1. The number of nitrogens with two attached hydrogens (primary N) is 1. The number of likely N-dealkylation sites (N-methyl/N-ethyl adjacent to an activating group) is 1. The standard InChI is InChI=1S/C15H20N4O3/c1-17-6-4-10-5-7-18(14(10)9-17)12-3-2-11(15(16)20)8-13(12)19(21)22/h2-3,8,10,14H,4-7,9H2,1H3,(H2,16,20). The molecule has 7 nitrogen and oxygen atoms in total. The molecule has 2 saturated heterocycles. The summed E-state index contributed by atoms with van der Waals surface area (Å²) in [5.74, 6) is -0.0574. The molecular formula is C15H20N4O3. The van der Waals surface area contributed by atoms with Gasteiger partial charge in [-0.1, -0.05) is 0 Å². The van der Waals surface area contributed by atoms with Crippen LogP contribution in [-0.2, 0) is 0 Å². The monoisotopic (exact) mass is 304 g/mol. The molecule has 1 aromatic carbocycles. The molecule has 1 aromatic rings. The average molecular weight is 304 g/mol. The van der Waals surface area contributed by atoms with Crippen LogP contribution in [0, 0.1) is 16.0 Å². The Labute approximate surface area is 128 Å². The molecule has 1 amide bonds. The molecule has 3 rings (SSSR count). The number of hydrogen-bond acceptors (Lipinski definition) is 5. The Bertz CT molecular complexity index is 619. The van der Waals surface area contributed by atoms with E-state index in [1.165, 1.54) is 6.07 Å². The second-order valence-electron chi connectivity index (χ2n) is 6.19. The van der Waals surface area contributed by atoms with E-state index >= 15 is 0 Å². The number of benzene rings is 1. The minimum absolute atomic E-state index is 0.0369. The van der Waals surface area contributed by atoms with Crippen molar-refractivity contribution >= 4 is 17.3 Å². The molecule has 7 heteroatoms. The van der Waals surface area contributed by atoms with E-state index in [9.17, 15) is 14.9 Å². The predicted octanol–water partition coefficient (Wildman–Crippen LogP) is 1.22. The minimum atomic E-state index is -0.647. The number of anilines is 1. The lowest BCUT2D eigenvalue weighted by atomic mass is 9.92. The number of rotatable bonds is 3. The lowest BCUT2D eigenvalue weighted by molar-refractivity contribution is -0.384. The summed E-state index contributed by atoms with van der Waals surface area (Å²) in [6.45, 7) is 2.82. The Morgan fingerprint density at radius 1 is 1.36 bits per heavy atom. The fourth-order valence-corrected chi connectivity index (χ4v) is 3.66. The number of primary amides is 1. The van der Waals surface area contributed by atoms with Gasteiger partial charge in [0.1, 0.15) is 5.69 Å². The highest BCUT2D eigenvalue weighted by atomic mass is 16.6. The third-order valence-corrected chi connectivity index (χ3v) is 4.83. The number of amides is 1. The maximum Gasteiger partial charge on any atom is 0.293 e. The maximum atomic E-state index is 11.4.